The third kappa shape index (κ3) is 8.56. The number of amides is 1. The van der Waals surface area contributed by atoms with Gasteiger partial charge in [-0.2, -0.15) is 12.6 Å². The van der Waals surface area contributed by atoms with Gasteiger partial charge in [-0.1, -0.05) is 38.5 Å². The van der Waals surface area contributed by atoms with Crippen LogP contribution in [0.3, 0.4) is 0 Å². The number of anilines is 3. The maximum Gasteiger partial charge on any atom is 0.252 e. The quantitative estimate of drug-likeness (QED) is 0.384. The lowest BCUT2D eigenvalue weighted by molar-refractivity contribution is 0.0959. The fourth-order valence-electron chi connectivity index (χ4n) is 2.86. The maximum absolute atomic E-state index is 13.2. The number of halogens is 1. The molecule has 0 radical (unpaired) electrons. The molecule has 1 heterocycles. The second kappa shape index (κ2) is 14.3. The SMILES string of the molecule is C#C.CC(C)C.CNC(=O)c1c(SF)ccc(Nc2nsnc2NCC2=CC=C(C)C2)c1C. The molecule has 0 aliphatic heterocycles. The first kappa shape index (κ1) is 28.2. The number of carbonyl (C=O) groups excluding carboxylic acids is 1. The van der Waals surface area contributed by atoms with Crippen LogP contribution in [0.2, 0.25) is 0 Å². The lowest BCUT2D eigenvalue weighted by atomic mass is 10.1. The molecule has 0 atom stereocenters. The maximum atomic E-state index is 13.2. The van der Waals surface area contributed by atoms with Crippen molar-refractivity contribution in [2.75, 3.05) is 24.2 Å². The molecule has 1 aliphatic carbocycles. The molecule has 0 unspecified atom stereocenters. The van der Waals surface area contributed by atoms with Gasteiger partial charge in [0.2, 0.25) is 0 Å². The molecule has 0 fully saturated rings. The van der Waals surface area contributed by atoms with Gasteiger partial charge in [0.1, 0.15) is 0 Å². The van der Waals surface area contributed by atoms with Crippen LogP contribution in [-0.2, 0) is 0 Å². The molecule has 3 rings (SSSR count). The number of nitrogens with one attached hydrogen (secondary N) is 3. The van der Waals surface area contributed by atoms with Gasteiger partial charge in [0.15, 0.2) is 11.6 Å². The third-order valence-electron chi connectivity index (χ3n) is 4.30. The highest BCUT2D eigenvalue weighted by molar-refractivity contribution is 7.94. The summed E-state index contributed by atoms with van der Waals surface area (Å²) in [6.45, 7) is 11.1. The van der Waals surface area contributed by atoms with E-state index in [1.54, 1.807) is 19.1 Å². The van der Waals surface area contributed by atoms with E-state index in [4.69, 9.17) is 0 Å². The fraction of sp³-hybridized carbons (Fsp3) is 0.375. The van der Waals surface area contributed by atoms with Crippen LogP contribution >= 0.6 is 23.9 Å². The van der Waals surface area contributed by atoms with Crippen LogP contribution in [0.1, 0.15) is 50.0 Å². The predicted molar refractivity (Wildman–Crippen MR) is 140 cm³/mol. The Bertz CT molecular complexity index is 1010. The second-order valence-corrected chi connectivity index (χ2v) is 9.08. The molecule has 33 heavy (non-hydrogen) atoms. The summed E-state index contributed by atoms with van der Waals surface area (Å²) in [6.07, 6.45) is 13.2. The zero-order chi connectivity index (χ0) is 25.0. The fourth-order valence-corrected chi connectivity index (χ4v) is 3.79. The van der Waals surface area contributed by atoms with Crippen molar-refractivity contribution < 1.29 is 8.68 Å². The van der Waals surface area contributed by atoms with Crippen molar-refractivity contribution in [3.05, 3.63) is 46.6 Å². The van der Waals surface area contributed by atoms with Crippen molar-refractivity contribution in [2.24, 2.45) is 5.92 Å². The average Bonchev–Trinajstić information content (AvgIpc) is 3.42. The van der Waals surface area contributed by atoms with E-state index < -0.39 is 0 Å². The molecule has 178 valence electrons. The van der Waals surface area contributed by atoms with Gasteiger partial charge in [-0.05, 0) is 49.5 Å². The van der Waals surface area contributed by atoms with E-state index in [2.05, 4.69) is 77.4 Å². The highest BCUT2D eigenvalue weighted by Crippen LogP contribution is 2.33. The van der Waals surface area contributed by atoms with Gasteiger partial charge in [-0.3, -0.25) is 4.79 Å². The predicted octanol–water partition coefficient (Wildman–Crippen LogP) is 6.53. The Kier molecular flexibility index (Phi) is 12.3. The summed E-state index contributed by atoms with van der Waals surface area (Å²) >= 11 is 1.15. The molecular formula is C24H32FN5OS2. The molecule has 1 aromatic carbocycles. The molecule has 3 N–H and O–H groups in total. The van der Waals surface area contributed by atoms with Gasteiger partial charge in [-0.25, -0.2) is 0 Å². The van der Waals surface area contributed by atoms with Crippen molar-refractivity contribution >= 4 is 47.1 Å². The third-order valence-corrected chi connectivity index (χ3v) is 5.33. The minimum atomic E-state index is -0.331. The highest BCUT2D eigenvalue weighted by atomic mass is 32.2. The molecule has 9 heteroatoms. The molecular weight excluding hydrogens is 457 g/mol. The summed E-state index contributed by atoms with van der Waals surface area (Å²) in [6, 6.07) is 3.31. The van der Waals surface area contributed by atoms with E-state index in [1.807, 2.05) is 0 Å². The molecule has 0 saturated heterocycles. The zero-order valence-electron chi connectivity index (χ0n) is 20.0. The topological polar surface area (TPSA) is 78.9 Å². The number of hydrogen-bond donors (Lipinski definition) is 3. The first-order valence-corrected chi connectivity index (χ1v) is 11.9. The largest absolute Gasteiger partial charge is 0.362 e. The Hall–Kier alpha value is -2.83. The Balaban J connectivity index is 0.000000820. The first-order chi connectivity index (χ1) is 15.8. The number of rotatable bonds is 7. The van der Waals surface area contributed by atoms with Crippen LogP contribution < -0.4 is 16.0 Å². The van der Waals surface area contributed by atoms with Crippen LogP contribution in [0.15, 0.2) is 40.3 Å². The molecule has 1 amide bonds. The van der Waals surface area contributed by atoms with Crippen molar-refractivity contribution in [3.63, 3.8) is 0 Å². The average molecular weight is 490 g/mol. The van der Waals surface area contributed by atoms with Crippen molar-refractivity contribution in [3.8, 4) is 12.8 Å². The molecule has 0 saturated carbocycles. The van der Waals surface area contributed by atoms with Crippen LogP contribution in [0.5, 0.6) is 0 Å². The zero-order valence-corrected chi connectivity index (χ0v) is 21.6. The van der Waals surface area contributed by atoms with E-state index in [-0.39, 0.29) is 23.0 Å². The van der Waals surface area contributed by atoms with Crippen LogP contribution in [0.25, 0.3) is 0 Å². The van der Waals surface area contributed by atoms with Gasteiger partial charge in [-0.15, -0.1) is 12.8 Å². The number of terminal acetylenes is 1. The molecule has 1 aliphatic rings. The number of aromatic nitrogens is 2. The van der Waals surface area contributed by atoms with E-state index in [9.17, 15) is 8.68 Å². The minimum Gasteiger partial charge on any atom is -0.362 e. The monoisotopic (exact) mass is 489 g/mol. The van der Waals surface area contributed by atoms with Gasteiger partial charge in [0, 0.05) is 19.3 Å². The number of benzene rings is 1. The van der Waals surface area contributed by atoms with Gasteiger partial charge < -0.3 is 16.0 Å². The van der Waals surface area contributed by atoms with E-state index in [0.29, 0.717) is 35.0 Å². The standard InChI is InChI=1S/C18H20FN5OS2.C4H10.C2H2/c1-10-4-5-12(8-10)9-21-16-17(24-27-23-16)22-13-6-7-14(26-19)15(11(13)2)18(25)20-3;1-4(2)3;1-2/h4-7H,8-9H2,1-3H3,(H,20,25)(H,21,23)(H,22,24);4H,1-3H3;1-2H. The summed E-state index contributed by atoms with van der Waals surface area (Å²) in [5.74, 6) is 1.73. The summed E-state index contributed by atoms with van der Waals surface area (Å²) in [7, 11) is 1.52. The Morgan fingerprint density at radius 1 is 1.18 bits per heavy atom. The molecule has 0 spiro atoms. The second-order valence-electron chi connectivity index (χ2n) is 7.95. The van der Waals surface area contributed by atoms with Crippen LogP contribution in [0.4, 0.5) is 21.2 Å². The number of allylic oxidation sites excluding steroid dienone is 3. The number of hydrogen-bond acceptors (Lipinski definition) is 7. The van der Waals surface area contributed by atoms with Crippen molar-refractivity contribution in [1.29, 1.82) is 0 Å². The van der Waals surface area contributed by atoms with E-state index >= 15 is 0 Å². The van der Waals surface area contributed by atoms with Crippen LogP contribution in [-0.4, -0.2) is 28.2 Å². The lowest BCUT2D eigenvalue weighted by Gasteiger charge is -2.14. The molecule has 0 bridgehead atoms. The normalized spacial score (nSPS) is 11.9. The summed E-state index contributed by atoms with van der Waals surface area (Å²) < 4.78 is 21.8. The molecule has 1 aromatic heterocycles. The number of carbonyl (C=O) groups is 1. The van der Waals surface area contributed by atoms with E-state index in [0.717, 1.165) is 24.1 Å². The summed E-state index contributed by atoms with van der Waals surface area (Å²) in [5.41, 5.74) is 4.26. The van der Waals surface area contributed by atoms with Gasteiger partial charge in [0.25, 0.3) is 5.91 Å². The van der Waals surface area contributed by atoms with Crippen LogP contribution in [0, 0.1) is 25.7 Å². The summed E-state index contributed by atoms with van der Waals surface area (Å²) in [5, 5.41) is 9.05. The van der Waals surface area contributed by atoms with Crippen molar-refractivity contribution in [2.45, 2.75) is 45.9 Å². The molecule has 6 nitrogen and oxygen atoms in total. The summed E-state index contributed by atoms with van der Waals surface area (Å²) in [4.78, 5) is 12.4. The minimum absolute atomic E-state index is 0.0574. The highest BCUT2D eigenvalue weighted by Gasteiger charge is 2.18. The first-order valence-electron chi connectivity index (χ1n) is 10.4. The van der Waals surface area contributed by atoms with E-state index in [1.165, 1.54) is 18.2 Å². The molecule has 2 aromatic rings. The van der Waals surface area contributed by atoms with Crippen molar-refractivity contribution in [1.82, 2.24) is 14.1 Å². The Morgan fingerprint density at radius 2 is 1.82 bits per heavy atom. The van der Waals surface area contributed by atoms with Gasteiger partial charge in [0.05, 0.1) is 34.3 Å². The smallest absolute Gasteiger partial charge is 0.252 e. The van der Waals surface area contributed by atoms with Gasteiger partial charge >= 0.3 is 0 Å². The lowest BCUT2D eigenvalue weighted by Crippen LogP contribution is -2.20. The Morgan fingerprint density at radius 3 is 2.36 bits per heavy atom. The number of nitrogens with zero attached hydrogens (tertiary/aromatic N) is 2. The Labute approximate surface area is 205 Å².